The molecule has 3 heterocycles. The normalized spacial score (nSPS) is 12.9. The lowest BCUT2D eigenvalue weighted by Crippen LogP contribution is -2.48. The molecule has 3 aromatic rings. The van der Waals surface area contributed by atoms with Gasteiger partial charge in [0.15, 0.2) is 18.1 Å². The minimum Gasteiger partial charge on any atom is -0.482 e. The van der Waals surface area contributed by atoms with Crippen LogP contribution in [0, 0.1) is 5.82 Å². The van der Waals surface area contributed by atoms with E-state index in [9.17, 15) is 36.7 Å². The van der Waals surface area contributed by atoms with Gasteiger partial charge in [-0.1, -0.05) is 6.07 Å². The van der Waals surface area contributed by atoms with Gasteiger partial charge in [0.25, 0.3) is 17.7 Å². The quantitative estimate of drug-likeness (QED) is 0.303. The molecule has 1 aromatic carbocycles. The first-order chi connectivity index (χ1) is 16.5. The Morgan fingerprint density at radius 2 is 1.91 bits per heavy atom. The number of hydrogen-bond acceptors (Lipinski definition) is 7. The van der Waals surface area contributed by atoms with Gasteiger partial charge in [0.1, 0.15) is 17.1 Å². The van der Waals surface area contributed by atoms with Crippen LogP contribution >= 0.6 is 0 Å². The number of hydrazine groups is 1. The molecule has 0 unspecified atom stereocenters. The number of carbonyl (C=O) groups is 4. The lowest BCUT2D eigenvalue weighted by molar-refractivity contribution is -0.174. The van der Waals surface area contributed by atoms with E-state index in [1.54, 1.807) is 18.2 Å². The SMILES string of the molecule is O=C1COc2ccc(CNC(=O)c3cc(C(=O)NNC(=O)C(F)(F)F)n4ncc(F)c4n3)cc2N1. The third-order valence-electron chi connectivity index (χ3n) is 4.57. The molecular formula is C19H13F4N7O5. The van der Waals surface area contributed by atoms with Gasteiger partial charge in [-0.2, -0.15) is 18.3 Å². The summed E-state index contributed by atoms with van der Waals surface area (Å²) in [6.07, 6.45) is -4.59. The monoisotopic (exact) mass is 495 g/mol. The average molecular weight is 495 g/mol. The second kappa shape index (κ2) is 8.88. The summed E-state index contributed by atoms with van der Waals surface area (Å²) in [6, 6.07) is 5.61. The number of alkyl halides is 3. The second-order valence-electron chi connectivity index (χ2n) is 7.01. The fraction of sp³-hybridized carbons (Fsp3) is 0.158. The van der Waals surface area contributed by atoms with Crippen LogP contribution in [0.4, 0.5) is 23.2 Å². The molecule has 182 valence electrons. The number of benzene rings is 1. The molecule has 2 aromatic heterocycles. The van der Waals surface area contributed by atoms with Crippen molar-refractivity contribution >= 4 is 35.0 Å². The zero-order valence-electron chi connectivity index (χ0n) is 17.2. The van der Waals surface area contributed by atoms with Crippen LogP contribution < -0.4 is 26.2 Å². The third-order valence-corrected chi connectivity index (χ3v) is 4.57. The van der Waals surface area contributed by atoms with Crippen molar-refractivity contribution in [2.75, 3.05) is 11.9 Å². The van der Waals surface area contributed by atoms with Gasteiger partial charge < -0.3 is 15.4 Å². The van der Waals surface area contributed by atoms with Crippen molar-refractivity contribution in [2.45, 2.75) is 12.7 Å². The van der Waals surface area contributed by atoms with E-state index in [0.717, 1.165) is 11.5 Å². The van der Waals surface area contributed by atoms with Gasteiger partial charge in [0, 0.05) is 12.6 Å². The molecule has 0 saturated carbocycles. The summed E-state index contributed by atoms with van der Waals surface area (Å²) >= 11 is 0. The van der Waals surface area contributed by atoms with E-state index in [-0.39, 0.29) is 19.1 Å². The average Bonchev–Trinajstić information content (AvgIpc) is 3.19. The Labute approximate surface area is 191 Å². The van der Waals surface area contributed by atoms with Crippen molar-refractivity contribution in [3.63, 3.8) is 0 Å². The molecule has 0 atom stereocenters. The zero-order valence-corrected chi connectivity index (χ0v) is 17.2. The summed E-state index contributed by atoms with van der Waals surface area (Å²) in [5.41, 5.74) is 2.02. The van der Waals surface area contributed by atoms with E-state index in [4.69, 9.17) is 4.74 Å². The topological polar surface area (TPSA) is 156 Å². The van der Waals surface area contributed by atoms with Crippen molar-refractivity contribution in [1.82, 2.24) is 30.8 Å². The molecule has 0 spiro atoms. The molecule has 0 radical (unpaired) electrons. The number of anilines is 1. The highest BCUT2D eigenvalue weighted by molar-refractivity contribution is 5.99. The van der Waals surface area contributed by atoms with E-state index >= 15 is 0 Å². The van der Waals surface area contributed by atoms with Gasteiger partial charge in [-0.25, -0.2) is 13.9 Å². The Morgan fingerprint density at radius 3 is 2.66 bits per heavy atom. The summed E-state index contributed by atoms with van der Waals surface area (Å²) < 4.78 is 57.0. The molecule has 4 N–H and O–H groups in total. The molecule has 0 fully saturated rings. The molecular weight excluding hydrogens is 482 g/mol. The Morgan fingerprint density at radius 1 is 1.14 bits per heavy atom. The summed E-state index contributed by atoms with van der Waals surface area (Å²) in [5, 5.41) is 8.66. The first-order valence-electron chi connectivity index (χ1n) is 9.58. The highest BCUT2D eigenvalue weighted by atomic mass is 19.4. The second-order valence-corrected chi connectivity index (χ2v) is 7.01. The highest BCUT2D eigenvalue weighted by Gasteiger charge is 2.39. The minimum atomic E-state index is -5.27. The van der Waals surface area contributed by atoms with Crippen molar-refractivity contribution in [1.29, 1.82) is 0 Å². The van der Waals surface area contributed by atoms with E-state index in [1.165, 1.54) is 5.43 Å². The number of carbonyl (C=O) groups excluding carboxylic acids is 4. The molecule has 35 heavy (non-hydrogen) atoms. The fourth-order valence-electron chi connectivity index (χ4n) is 2.98. The van der Waals surface area contributed by atoms with Gasteiger partial charge in [0.05, 0.1) is 11.9 Å². The van der Waals surface area contributed by atoms with Crippen LogP contribution in [0.1, 0.15) is 26.5 Å². The number of nitrogens with one attached hydrogen (secondary N) is 4. The molecule has 0 aliphatic carbocycles. The molecule has 0 saturated heterocycles. The van der Waals surface area contributed by atoms with Crippen LogP contribution in [0.15, 0.2) is 30.5 Å². The lowest BCUT2D eigenvalue weighted by Gasteiger charge is -2.18. The van der Waals surface area contributed by atoms with E-state index in [1.807, 2.05) is 0 Å². The maximum absolute atomic E-state index is 14.1. The number of ether oxygens (including phenoxy) is 1. The standard InChI is InChI=1S/C19H13F4N7O5/c20-9-6-25-30-12(17(33)28-29-18(34)19(21,22)23)4-11(27-15(9)30)16(32)24-5-8-1-2-13-10(3-8)26-14(31)7-35-13/h1-4,6H,5,7H2,(H,24,32)(H,26,31)(H,28,33)(H,29,34). The van der Waals surface area contributed by atoms with Crippen molar-refractivity contribution in [3.8, 4) is 5.75 Å². The van der Waals surface area contributed by atoms with Gasteiger partial charge >= 0.3 is 12.1 Å². The van der Waals surface area contributed by atoms with Crippen LogP contribution in [0.25, 0.3) is 5.65 Å². The zero-order chi connectivity index (χ0) is 25.3. The highest BCUT2D eigenvalue weighted by Crippen LogP contribution is 2.28. The number of halogens is 4. The number of nitrogens with zero attached hydrogens (tertiary/aromatic N) is 3. The van der Waals surface area contributed by atoms with E-state index in [0.29, 0.717) is 27.7 Å². The van der Waals surface area contributed by atoms with E-state index < -0.39 is 46.8 Å². The first-order valence-corrected chi connectivity index (χ1v) is 9.58. The lowest BCUT2D eigenvalue weighted by atomic mass is 10.1. The van der Waals surface area contributed by atoms with Crippen molar-refractivity contribution in [3.05, 3.63) is 53.2 Å². The fourth-order valence-corrected chi connectivity index (χ4v) is 2.98. The Hall–Kier alpha value is -4.76. The van der Waals surface area contributed by atoms with Crippen LogP contribution in [-0.2, 0) is 16.1 Å². The molecule has 4 rings (SSSR count). The summed E-state index contributed by atoms with van der Waals surface area (Å²) in [5.74, 6) is -5.56. The maximum atomic E-state index is 14.1. The third kappa shape index (κ3) is 4.94. The van der Waals surface area contributed by atoms with Gasteiger partial charge in [-0.05, 0) is 17.7 Å². The number of hydrogen-bond donors (Lipinski definition) is 4. The van der Waals surface area contributed by atoms with Crippen LogP contribution in [0.5, 0.6) is 5.75 Å². The Kier molecular flexibility index (Phi) is 5.94. The predicted octanol–water partition coefficient (Wildman–Crippen LogP) is 0.453. The predicted molar refractivity (Wildman–Crippen MR) is 106 cm³/mol. The van der Waals surface area contributed by atoms with E-state index in [2.05, 4.69) is 20.7 Å². The first kappa shape index (κ1) is 23.4. The van der Waals surface area contributed by atoms with Crippen LogP contribution in [0.2, 0.25) is 0 Å². The maximum Gasteiger partial charge on any atom is 0.472 e. The largest absolute Gasteiger partial charge is 0.482 e. The number of aromatic nitrogens is 3. The Bertz CT molecular complexity index is 1370. The molecule has 1 aliphatic heterocycles. The number of rotatable bonds is 4. The summed E-state index contributed by atoms with van der Waals surface area (Å²) in [7, 11) is 0. The molecule has 12 nitrogen and oxygen atoms in total. The molecule has 0 bridgehead atoms. The Balaban J connectivity index is 1.53. The molecule has 1 aliphatic rings. The summed E-state index contributed by atoms with van der Waals surface area (Å²) in [4.78, 5) is 51.2. The smallest absolute Gasteiger partial charge is 0.472 e. The number of fused-ring (bicyclic) bond motifs is 2. The molecule has 4 amide bonds. The van der Waals surface area contributed by atoms with Crippen LogP contribution in [-0.4, -0.2) is 51.0 Å². The minimum absolute atomic E-state index is 0.0697. The number of amides is 4. The van der Waals surface area contributed by atoms with Crippen molar-refractivity contribution < 1.29 is 41.5 Å². The van der Waals surface area contributed by atoms with Gasteiger partial charge in [0.2, 0.25) is 0 Å². The van der Waals surface area contributed by atoms with Crippen molar-refractivity contribution in [2.24, 2.45) is 0 Å². The molecule has 16 heteroatoms. The summed E-state index contributed by atoms with van der Waals surface area (Å²) in [6.45, 7) is -0.196. The van der Waals surface area contributed by atoms with Crippen LogP contribution in [0.3, 0.4) is 0 Å². The van der Waals surface area contributed by atoms with Gasteiger partial charge in [-0.3, -0.25) is 30.0 Å². The van der Waals surface area contributed by atoms with Gasteiger partial charge in [-0.15, -0.1) is 0 Å².